The summed E-state index contributed by atoms with van der Waals surface area (Å²) >= 11 is 0. The lowest BCUT2D eigenvalue weighted by Gasteiger charge is -2.30. The van der Waals surface area contributed by atoms with Gasteiger partial charge in [-0.25, -0.2) is 0 Å². The van der Waals surface area contributed by atoms with Crippen molar-refractivity contribution in [2.24, 2.45) is 7.05 Å². The van der Waals surface area contributed by atoms with Crippen molar-refractivity contribution in [3.8, 4) is 0 Å². The number of nitrogen functional groups attached to an aromatic ring is 1. The van der Waals surface area contributed by atoms with Crippen LogP contribution in [0.1, 0.15) is 30.3 Å². The molecule has 106 valence electrons. The van der Waals surface area contributed by atoms with E-state index in [2.05, 4.69) is 18.9 Å². The van der Waals surface area contributed by atoms with Crippen LogP contribution in [-0.2, 0) is 7.05 Å². The van der Waals surface area contributed by atoms with E-state index < -0.39 is 0 Å². The van der Waals surface area contributed by atoms with E-state index in [4.69, 9.17) is 5.73 Å². The number of anilines is 1. The molecule has 1 atom stereocenters. The third kappa shape index (κ3) is 2.92. The molecule has 0 saturated carbocycles. The van der Waals surface area contributed by atoms with Crippen LogP contribution in [0.3, 0.4) is 0 Å². The third-order valence-electron chi connectivity index (χ3n) is 3.88. The zero-order chi connectivity index (χ0) is 14.0. The van der Waals surface area contributed by atoms with Crippen LogP contribution in [-0.4, -0.2) is 53.0 Å². The second kappa shape index (κ2) is 5.65. The van der Waals surface area contributed by atoms with Gasteiger partial charge in [0.15, 0.2) is 0 Å². The zero-order valence-electron chi connectivity index (χ0n) is 12.1. The molecule has 1 saturated heterocycles. The number of aromatic nitrogens is 1. The topological polar surface area (TPSA) is 54.5 Å². The molecular formula is C14H24N4O. The Hall–Kier alpha value is -1.49. The molecule has 0 aromatic carbocycles. The molecule has 0 spiro atoms. The maximum Gasteiger partial charge on any atom is 0.270 e. The first kappa shape index (κ1) is 13.9. The van der Waals surface area contributed by atoms with Crippen molar-refractivity contribution in [1.29, 1.82) is 0 Å². The van der Waals surface area contributed by atoms with E-state index in [1.807, 2.05) is 16.5 Å². The summed E-state index contributed by atoms with van der Waals surface area (Å²) in [7, 11) is 3.99. The Bertz CT molecular complexity index is 454. The average molecular weight is 264 g/mol. The van der Waals surface area contributed by atoms with Gasteiger partial charge in [0.05, 0.1) is 5.69 Å². The monoisotopic (exact) mass is 264 g/mol. The summed E-state index contributed by atoms with van der Waals surface area (Å²) in [5, 5.41) is 0. The van der Waals surface area contributed by atoms with Crippen LogP contribution in [0, 0.1) is 0 Å². The fourth-order valence-electron chi connectivity index (χ4n) is 2.81. The summed E-state index contributed by atoms with van der Waals surface area (Å²) in [5.74, 6) is 0.0985. The second-order valence-corrected chi connectivity index (χ2v) is 5.45. The van der Waals surface area contributed by atoms with Crippen LogP contribution in [0.25, 0.3) is 0 Å². The molecule has 5 nitrogen and oxygen atoms in total. The van der Waals surface area contributed by atoms with Gasteiger partial charge in [-0.15, -0.1) is 0 Å². The Labute approximate surface area is 115 Å². The molecule has 0 bridgehead atoms. The highest BCUT2D eigenvalue weighted by molar-refractivity contribution is 5.94. The van der Waals surface area contributed by atoms with Crippen molar-refractivity contribution in [2.45, 2.75) is 25.8 Å². The van der Waals surface area contributed by atoms with Crippen molar-refractivity contribution in [1.82, 2.24) is 14.4 Å². The first-order chi connectivity index (χ1) is 9.02. The van der Waals surface area contributed by atoms with Crippen LogP contribution in [0.5, 0.6) is 0 Å². The number of rotatable bonds is 2. The van der Waals surface area contributed by atoms with Gasteiger partial charge in [-0.3, -0.25) is 4.79 Å². The molecule has 2 heterocycles. The van der Waals surface area contributed by atoms with E-state index in [-0.39, 0.29) is 11.9 Å². The first-order valence-electron chi connectivity index (χ1n) is 6.94. The summed E-state index contributed by atoms with van der Waals surface area (Å²) in [6, 6.07) is 2.06. The van der Waals surface area contributed by atoms with Gasteiger partial charge >= 0.3 is 0 Å². The van der Waals surface area contributed by atoms with Crippen LogP contribution in [0.15, 0.2) is 12.3 Å². The van der Waals surface area contributed by atoms with Gasteiger partial charge in [-0.05, 0) is 32.5 Å². The lowest BCUT2D eigenvalue weighted by molar-refractivity contribution is 0.0666. The highest BCUT2D eigenvalue weighted by Gasteiger charge is 2.28. The van der Waals surface area contributed by atoms with Crippen molar-refractivity contribution >= 4 is 11.6 Å². The second-order valence-electron chi connectivity index (χ2n) is 5.45. The van der Waals surface area contributed by atoms with E-state index >= 15 is 0 Å². The molecule has 0 radical (unpaired) electrons. The molecule has 1 aromatic rings. The number of likely N-dealkylation sites (N-methyl/N-ethyl adjacent to an activating group) is 1. The maximum atomic E-state index is 12.7. The first-order valence-corrected chi connectivity index (χ1v) is 6.94. The number of hydrogen-bond acceptors (Lipinski definition) is 3. The predicted molar refractivity (Wildman–Crippen MR) is 77.1 cm³/mol. The highest BCUT2D eigenvalue weighted by Crippen LogP contribution is 2.18. The van der Waals surface area contributed by atoms with E-state index in [0.29, 0.717) is 11.4 Å². The number of carbonyl (C=O) groups excluding carboxylic acids is 1. The van der Waals surface area contributed by atoms with Crippen molar-refractivity contribution in [3.63, 3.8) is 0 Å². The molecular weight excluding hydrogens is 240 g/mol. The zero-order valence-corrected chi connectivity index (χ0v) is 12.1. The Morgan fingerprint density at radius 2 is 2.16 bits per heavy atom. The molecule has 19 heavy (non-hydrogen) atoms. The van der Waals surface area contributed by atoms with Gasteiger partial charge in [-0.1, -0.05) is 6.92 Å². The molecule has 1 aliphatic rings. The minimum Gasteiger partial charge on any atom is -0.397 e. The summed E-state index contributed by atoms with van der Waals surface area (Å²) < 4.78 is 1.82. The highest BCUT2D eigenvalue weighted by atomic mass is 16.2. The quantitative estimate of drug-likeness (QED) is 0.872. The smallest absolute Gasteiger partial charge is 0.270 e. The number of hydrogen-bond donors (Lipinski definition) is 1. The lowest BCUT2D eigenvalue weighted by atomic mass is 10.1. The van der Waals surface area contributed by atoms with Crippen LogP contribution < -0.4 is 5.73 Å². The lowest BCUT2D eigenvalue weighted by Crippen LogP contribution is -2.44. The predicted octanol–water partition coefficient (Wildman–Crippen LogP) is 1.16. The molecule has 5 heteroatoms. The number of carbonyl (C=O) groups is 1. The molecule has 2 N–H and O–H groups in total. The standard InChI is InChI=1S/C14H24N4O/c1-4-12-10-16(2)6-5-7-18(12)14(19)13-8-11(15)9-17(13)3/h8-9,12H,4-7,10,15H2,1-3H3. The molecule has 1 aliphatic heterocycles. The Balaban J connectivity index is 2.23. The van der Waals surface area contributed by atoms with Gasteiger partial charge in [0.25, 0.3) is 5.91 Å². The fourth-order valence-corrected chi connectivity index (χ4v) is 2.81. The fraction of sp³-hybridized carbons (Fsp3) is 0.643. The minimum atomic E-state index is 0.0985. The van der Waals surface area contributed by atoms with Crippen LogP contribution >= 0.6 is 0 Å². The molecule has 1 amide bonds. The van der Waals surface area contributed by atoms with Gasteiger partial charge in [-0.2, -0.15) is 0 Å². The third-order valence-corrected chi connectivity index (χ3v) is 3.88. The molecule has 1 unspecified atom stereocenters. The maximum absolute atomic E-state index is 12.7. The Morgan fingerprint density at radius 3 is 2.74 bits per heavy atom. The van der Waals surface area contributed by atoms with Crippen LogP contribution in [0.4, 0.5) is 5.69 Å². The van der Waals surface area contributed by atoms with Crippen LogP contribution in [0.2, 0.25) is 0 Å². The molecule has 2 rings (SSSR count). The minimum absolute atomic E-state index is 0.0985. The molecule has 0 aliphatic carbocycles. The van der Waals surface area contributed by atoms with Crippen molar-refractivity contribution < 1.29 is 4.79 Å². The normalized spacial score (nSPS) is 21.4. The number of nitrogens with two attached hydrogens (primary N) is 1. The van der Waals surface area contributed by atoms with E-state index in [1.54, 1.807) is 12.3 Å². The average Bonchev–Trinajstić information content (AvgIpc) is 2.59. The number of nitrogens with zero attached hydrogens (tertiary/aromatic N) is 3. The van der Waals surface area contributed by atoms with Gasteiger partial charge in [0.1, 0.15) is 5.69 Å². The van der Waals surface area contributed by atoms with Gasteiger partial charge < -0.3 is 20.1 Å². The SMILES string of the molecule is CCC1CN(C)CCCN1C(=O)c1cc(N)cn1C. The molecule has 1 fully saturated rings. The van der Waals surface area contributed by atoms with Crippen molar-refractivity contribution in [3.05, 3.63) is 18.0 Å². The summed E-state index contributed by atoms with van der Waals surface area (Å²) in [6.45, 7) is 4.97. The molecule has 1 aromatic heterocycles. The number of amides is 1. The van der Waals surface area contributed by atoms with Gasteiger partial charge in [0.2, 0.25) is 0 Å². The summed E-state index contributed by atoms with van der Waals surface area (Å²) in [4.78, 5) is 17.0. The van der Waals surface area contributed by atoms with Crippen molar-refractivity contribution in [2.75, 3.05) is 32.4 Å². The Kier molecular flexibility index (Phi) is 4.14. The van der Waals surface area contributed by atoms with E-state index in [0.717, 1.165) is 32.5 Å². The van der Waals surface area contributed by atoms with E-state index in [1.165, 1.54) is 0 Å². The summed E-state index contributed by atoms with van der Waals surface area (Å²) in [5.41, 5.74) is 7.09. The number of aryl methyl sites for hydroxylation is 1. The van der Waals surface area contributed by atoms with E-state index in [9.17, 15) is 4.79 Å². The van der Waals surface area contributed by atoms with Gasteiger partial charge in [0, 0.05) is 32.4 Å². The summed E-state index contributed by atoms with van der Waals surface area (Å²) in [6.07, 6.45) is 3.80. The largest absolute Gasteiger partial charge is 0.397 e. The Morgan fingerprint density at radius 1 is 1.42 bits per heavy atom.